The molecule has 0 atom stereocenters. The molecule has 33 heavy (non-hydrogen) atoms. The third-order valence-corrected chi connectivity index (χ3v) is 7.04. The van der Waals surface area contributed by atoms with Crippen molar-refractivity contribution < 1.29 is 17.5 Å². The second-order valence-electron chi connectivity index (χ2n) is 7.00. The number of non-ortho nitro benzene ring substituents is 1. The number of para-hydroxylation sites is 2. The van der Waals surface area contributed by atoms with Crippen LogP contribution in [0.3, 0.4) is 0 Å². The number of benzene rings is 3. The van der Waals surface area contributed by atoms with Crippen LogP contribution >= 0.6 is 11.3 Å². The fourth-order valence-electron chi connectivity index (χ4n) is 3.35. The molecule has 2 heterocycles. The monoisotopic (exact) mass is 479 g/mol. The highest BCUT2D eigenvalue weighted by atomic mass is 32.2. The van der Waals surface area contributed by atoms with E-state index in [1.807, 2.05) is 24.3 Å². The van der Waals surface area contributed by atoms with Crippen molar-refractivity contribution in [2.45, 2.75) is 4.90 Å². The number of hydrogen-bond donors (Lipinski definition) is 0. The van der Waals surface area contributed by atoms with E-state index in [2.05, 4.69) is 4.98 Å². The fraction of sp³-hybridized carbons (Fsp3) is 0. The van der Waals surface area contributed by atoms with E-state index in [1.54, 1.807) is 22.6 Å². The third kappa shape index (κ3) is 3.83. The van der Waals surface area contributed by atoms with Gasteiger partial charge in [-0.1, -0.05) is 41.7 Å². The minimum atomic E-state index is -4.29. The van der Waals surface area contributed by atoms with Crippen molar-refractivity contribution in [2.24, 2.45) is 0 Å². The highest BCUT2D eigenvalue weighted by molar-refractivity contribution is 7.87. The molecule has 0 bridgehead atoms. The predicted octanol–water partition coefficient (Wildman–Crippen LogP) is 3.13. The van der Waals surface area contributed by atoms with Crippen LogP contribution in [0.5, 0.6) is 5.75 Å². The largest absolute Gasteiger partial charge is 0.379 e. The summed E-state index contributed by atoms with van der Waals surface area (Å²) in [6.07, 6.45) is 1.63. The van der Waals surface area contributed by atoms with Crippen LogP contribution in [0.2, 0.25) is 0 Å². The van der Waals surface area contributed by atoms with Gasteiger partial charge < -0.3 is 4.18 Å². The van der Waals surface area contributed by atoms with E-state index < -0.39 is 15.0 Å². The Kier molecular flexibility index (Phi) is 4.91. The topological polar surface area (TPSA) is 121 Å². The van der Waals surface area contributed by atoms with Gasteiger partial charge in [0.15, 0.2) is 4.96 Å². The van der Waals surface area contributed by atoms with Crippen LogP contribution in [0.25, 0.3) is 22.1 Å². The number of imidazole rings is 1. The first kappa shape index (κ1) is 20.8. The molecular weight excluding hydrogens is 466 g/mol. The molecule has 0 radical (unpaired) electrons. The Morgan fingerprint density at radius 1 is 1.03 bits per heavy atom. The normalized spacial score (nSPS) is 12.4. The van der Waals surface area contributed by atoms with Gasteiger partial charge in [0.2, 0.25) is 0 Å². The van der Waals surface area contributed by atoms with E-state index in [4.69, 9.17) is 4.18 Å². The highest BCUT2D eigenvalue weighted by Gasteiger charge is 2.20. The Morgan fingerprint density at radius 2 is 1.82 bits per heavy atom. The molecule has 3 aromatic carbocycles. The van der Waals surface area contributed by atoms with E-state index in [0.29, 0.717) is 20.6 Å². The van der Waals surface area contributed by atoms with Crippen molar-refractivity contribution in [2.75, 3.05) is 0 Å². The quantitative estimate of drug-likeness (QED) is 0.216. The SMILES string of the molecule is O=c1c(=Cc2cccc(OS(=O)(=O)c3cccc([N+](=O)[O-])c3)c2)sc2nc3ccccc3n12. The molecule has 0 saturated carbocycles. The molecule has 11 heteroatoms. The Labute approximate surface area is 190 Å². The maximum Gasteiger partial charge on any atom is 0.339 e. The summed E-state index contributed by atoms with van der Waals surface area (Å²) in [7, 11) is -4.29. The van der Waals surface area contributed by atoms with Gasteiger partial charge in [-0.2, -0.15) is 8.42 Å². The second-order valence-corrected chi connectivity index (χ2v) is 9.55. The van der Waals surface area contributed by atoms with Crippen LogP contribution in [-0.2, 0) is 10.1 Å². The molecule has 2 aromatic heterocycles. The van der Waals surface area contributed by atoms with E-state index in [9.17, 15) is 23.3 Å². The summed E-state index contributed by atoms with van der Waals surface area (Å²) in [6, 6.07) is 18.1. The number of nitro groups is 1. The smallest absolute Gasteiger partial charge is 0.339 e. The van der Waals surface area contributed by atoms with Crippen LogP contribution < -0.4 is 14.3 Å². The zero-order chi connectivity index (χ0) is 23.2. The molecular formula is C22H13N3O6S2. The second kappa shape index (κ2) is 7.80. The summed E-state index contributed by atoms with van der Waals surface area (Å²) >= 11 is 1.23. The van der Waals surface area contributed by atoms with Gasteiger partial charge in [0.1, 0.15) is 10.6 Å². The van der Waals surface area contributed by atoms with Crippen molar-refractivity contribution in [3.8, 4) is 5.75 Å². The molecule has 0 aliphatic heterocycles. The molecule has 0 fully saturated rings. The molecule has 5 aromatic rings. The molecule has 0 N–H and O–H groups in total. The molecule has 164 valence electrons. The van der Waals surface area contributed by atoms with Gasteiger partial charge in [-0.05, 0) is 42.0 Å². The molecule has 0 aliphatic carbocycles. The Morgan fingerprint density at radius 3 is 2.64 bits per heavy atom. The molecule has 0 unspecified atom stereocenters. The average molecular weight is 479 g/mol. The first-order chi connectivity index (χ1) is 15.8. The zero-order valence-electron chi connectivity index (χ0n) is 16.6. The zero-order valence-corrected chi connectivity index (χ0v) is 18.2. The first-order valence-corrected chi connectivity index (χ1v) is 11.7. The molecule has 9 nitrogen and oxygen atoms in total. The van der Waals surface area contributed by atoms with Crippen molar-refractivity contribution >= 4 is 49.2 Å². The molecule has 0 aliphatic rings. The number of hydrogen-bond acceptors (Lipinski definition) is 8. The van der Waals surface area contributed by atoms with Crippen molar-refractivity contribution in [3.63, 3.8) is 0 Å². The molecule has 0 amide bonds. The van der Waals surface area contributed by atoms with Crippen LogP contribution in [0.15, 0.2) is 82.5 Å². The summed E-state index contributed by atoms with van der Waals surface area (Å²) < 4.78 is 32.3. The summed E-state index contributed by atoms with van der Waals surface area (Å²) in [5, 5.41) is 10.9. The van der Waals surface area contributed by atoms with Gasteiger partial charge in [-0.25, -0.2) is 9.38 Å². The number of aromatic nitrogens is 2. The fourth-order valence-corrected chi connectivity index (χ4v) is 5.30. The maximum atomic E-state index is 12.9. The lowest BCUT2D eigenvalue weighted by atomic mass is 10.2. The lowest BCUT2D eigenvalue weighted by Crippen LogP contribution is -2.22. The van der Waals surface area contributed by atoms with Gasteiger partial charge in [0.25, 0.3) is 11.2 Å². The Bertz CT molecular complexity index is 1770. The lowest BCUT2D eigenvalue weighted by molar-refractivity contribution is -0.385. The third-order valence-electron chi connectivity index (χ3n) is 4.82. The van der Waals surface area contributed by atoms with Crippen molar-refractivity contribution in [3.05, 3.63) is 103 Å². The van der Waals surface area contributed by atoms with E-state index >= 15 is 0 Å². The van der Waals surface area contributed by atoms with Gasteiger partial charge in [0.05, 0.1) is 20.5 Å². The van der Waals surface area contributed by atoms with E-state index in [-0.39, 0.29) is 21.9 Å². The van der Waals surface area contributed by atoms with Gasteiger partial charge in [-0.3, -0.25) is 14.9 Å². The lowest BCUT2D eigenvalue weighted by Gasteiger charge is -2.07. The van der Waals surface area contributed by atoms with Gasteiger partial charge in [-0.15, -0.1) is 0 Å². The molecule has 0 spiro atoms. The number of nitrogens with zero attached hydrogens (tertiary/aromatic N) is 3. The van der Waals surface area contributed by atoms with Crippen molar-refractivity contribution in [1.82, 2.24) is 9.38 Å². The van der Waals surface area contributed by atoms with Gasteiger partial charge >= 0.3 is 10.1 Å². The number of thiazole rings is 1. The van der Waals surface area contributed by atoms with Gasteiger partial charge in [0, 0.05) is 12.1 Å². The highest BCUT2D eigenvalue weighted by Crippen LogP contribution is 2.23. The average Bonchev–Trinajstić information content (AvgIpc) is 3.30. The molecule has 0 saturated heterocycles. The van der Waals surface area contributed by atoms with Crippen molar-refractivity contribution in [1.29, 1.82) is 0 Å². The standard InChI is InChI=1S/C22H13N3O6S2/c26-21-20(32-22-23-18-9-1-2-10-19(18)24(21)22)12-14-5-3-7-16(11-14)31-33(29,30)17-8-4-6-15(13-17)25(27)28/h1-13H. The number of rotatable bonds is 5. The number of nitro benzene ring substituents is 1. The summed E-state index contributed by atoms with van der Waals surface area (Å²) in [5.74, 6) is 0.00879. The van der Waals surface area contributed by atoms with Crippen LogP contribution in [0.4, 0.5) is 5.69 Å². The predicted molar refractivity (Wildman–Crippen MR) is 123 cm³/mol. The minimum absolute atomic E-state index is 0.00879. The van der Waals surface area contributed by atoms with Crippen LogP contribution in [0, 0.1) is 10.1 Å². The van der Waals surface area contributed by atoms with E-state index in [1.165, 1.54) is 41.7 Å². The number of fused-ring (bicyclic) bond motifs is 3. The van der Waals surface area contributed by atoms with Crippen LogP contribution in [0.1, 0.15) is 5.56 Å². The molecule has 5 rings (SSSR count). The first-order valence-electron chi connectivity index (χ1n) is 9.52. The Balaban J connectivity index is 1.51. The summed E-state index contributed by atoms with van der Waals surface area (Å²) in [5.41, 5.74) is 1.41. The maximum absolute atomic E-state index is 12.9. The van der Waals surface area contributed by atoms with E-state index in [0.717, 1.165) is 11.6 Å². The Hall–Kier alpha value is -4.09. The van der Waals surface area contributed by atoms with Crippen LogP contribution in [-0.4, -0.2) is 22.7 Å². The minimum Gasteiger partial charge on any atom is -0.379 e. The summed E-state index contributed by atoms with van der Waals surface area (Å²) in [4.78, 5) is 27.9. The summed E-state index contributed by atoms with van der Waals surface area (Å²) in [6.45, 7) is 0.